The number of ether oxygens (including phenoxy) is 2. The lowest BCUT2D eigenvalue weighted by atomic mass is 9.75. The third-order valence-corrected chi connectivity index (χ3v) is 9.39. The molecule has 1 fully saturated rings. The molecular weight excluding hydrogens is 506 g/mol. The van der Waals surface area contributed by atoms with Crippen molar-refractivity contribution in [3.05, 3.63) is 94.2 Å². The van der Waals surface area contributed by atoms with E-state index in [4.69, 9.17) is 19.5 Å². The molecule has 2 aliphatic heterocycles. The second kappa shape index (κ2) is 8.69. The molecule has 1 saturated carbocycles. The molecule has 0 saturated heterocycles. The summed E-state index contributed by atoms with van der Waals surface area (Å²) >= 11 is 0. The van der Waals surface area contributed by atoms with Crippen molar-refractivity contribution in [1.82, 2.24) is 9.55 Å². The monoisotopic (exact) mass is 541 g/mol. The van der Waals surface area contributed by atoms with Crippen LogP contribution in [0.2, 0.25) is 0 Å². The summed E-state index contributed by atoms with van der Waals surface area (Å²) in [5.41, 5.74) is 9.28. The summed E-state index contributed by atoms with van der Waals surface area (Å²) in [6, 6.07) is 20.0. The molecule has 41 heavy (non-hydrogen) atoms. The largest absolute Gasteiger partial charge is 0.472 e. The van der Waals surface area contributed by atoms with Crippen molar-refractivity contribution in [1.29, 1.82) is 0 Å². The summed E-state index contributed by atoms with van der Waals surface area (Å²) < 4.78 is 15.3. The van der Waals surface area contributed by atoms with Crippen molar-refractivity contribution in [2.45, 2.75) is 77.9 Å². The van der Waals surface area contributed by atoms with E-state index in [9.17, 15) is 0 Å². The normalized spacial score (nSPS) is 20.5. The minimum Gasteiger partial charge on any atom is -0.472 e. The molecule has 0 bridgehead atoms. The van der Waals surface area contributed by atoms with E-state index in [0.29, 0.717) is 6.04 Å². The summed E-state index contributed by atoms with van der Waals surface area (Å²) in [7, 11) is 0. The first-order chi connectivity index (χ1) is 19.8. The average molecular weight is 542 g/mol. The fourth-order valence-corrected chi connectivity index (χ4v) is 7.32. The third-order valence-electron chi connectivity index (χ3n) is 9.39. The van der Waals surface area contributed by atoms with E-state index in [1.807, 2.05) is 12.3 Å². The average Bonchev–Trinajstić information content (AvgIpc) is 3.51. The number of hydrogen-bond acceptors (Lipinski definition) is 4. The van der Waals surface area contributed by atoms with Crippen LogP contribution < -0.4 is 4.74 Å². The summed E-state index contributed by atoms with van der Waals surface area (Å²) in [5.74, 6) is 3.41. The Bertz CT molecular complexity index is 1930. The molecule has 3 aliphatic rings. The SMILES string of the molecule is Cc1cc(Oc2cc3c(cc2C)c2cc(C)cc4c2n3-c2ncccc2C4(C)C)cc(C2=N[C@H]3CCCC[C@@H]3O2)c1. The maximum Gasteiger partial charge on any atom is 0.216 e. The van der Waals surface area contributed by atoms with E-state index in [2.05, 4.69) is 87.7 Å². The van der Waals surface area contributed by atoms with E-state index in [-0.39, 0.29) is 11.5 Å². The van der Waals surface area contributed by atoms with Crippen LogP contribution in [-0.4, -0.2) is 27.6 Å². The fourth-order valence-electron chi connectivity index (χ4n) is 7.32. The van der Waals surface area contributed by atoms with Crippen LogP contribution >= 0.6 is 0 Å². The van der Waals surface area contributed by atoms with Gasteiger partial charge in [0.1, 0.15) is 23.4 Å². The second-order valence-corrected chi connectivity index (χ2v) is 12.8. The van der Waals surface area contributed by atoms with Crippen LogP contribution in [0.15, 0.2) is 65.8 Å². The Balaban J connectivity index is 1.27. The smallest absolute Gasteiger partial charge is 0.216 e. The Labute approximate surface area is 240 Å². The van der Waals surface area contributed by atoms with Crippen LogP contribution in [-0.2, 0) is 10.2 Å². The Morgan fingerprint density at radius 2 is 1.73 bits per heavy atom. The van der Waals surface area contributed by atoms with E-state index in [1.54, 1.807) is 0 Å². The van der Waals surface area contributed by atoms with Crippen LogP contribution in [0, 0.1) is 20.8 Å². The third kappa shape index (κ3) is 3.67. The van der Waals surface area contributed by atoms with Crippen molar-refractivity contribution in [3.8, 4) is 17.3 Å². The van der Waals surface area contributed by atoms with Crippen LogP contribution in [0.1, 0.15) is 72.9 Å². The van der Waals surface area contributed by atoms with Crippen LogP contribution in [0.4, 0.5) is 0 Å². The number of aryl methyl sites for hydroxylation is 3. The molecule has 1 aliphatic carbocycles. The van der Waals surface area contributed by atoms with Gasteiger partial charge in [0.2, 0.25) is 5.90 Å². The zero-order chi connectivity index (χ0) is 28.0. The predicted molar refractivity (Wildman–Crippen MR) is 165 cm³/mol. The quantitative estimate of drug-likeness (QED) is 0.230. The zero-order valence-corrected chi connectivity index (χ0v) is 24.4. The number of hydrogen-bond donors (Lipinski definition) is 0. The van der Waals surface area contributed by atoms with E-state index in [1.165, 1.54) is 45.8 Å². The Morgan fingerprint density at radius 3 is 2.59 bits per heavy atom. The standard InChI is InChI=1S/C36H35N3O2/c1-20-13-23(35-38-29-10-6-7-11-31(29)41-35)18-24(14-20)40-32-19-30-25(17-22(32)3)26-15-21(2)16-28-33(26)39(30)34-27(36(28,4)5)9-8-12-37-34/h8-9,12-19,29,31H,6-7,10-11H2,1-5H3/t29-,31-/m0/s1. The first-order valence-electron chi connectivity index (χ1n) is 14.9. The lowest BCUT2D eigenvalue weighted by molar-refractivity contribution is 0.153. The van der Waals surface area contributed by atoms with Gasteiger partial charge in [-0.15, -0.1) is 0 Å². The van der Waals surface area contributed by atoms with Crippen molar-refractivity contribution < 1.29 is 9.47 Å². The minimum absolute atomic E-state index is 0.146. The van der Waals surface area contributed by atoms with Crippen LogP contribution in [0.25, 0.3) is 27.6 Å². The first kappa shape index (κ1) is 24.7. The van der Waals surface area contributed by atoms with Gasteiger partial charge >= 0.3 is 0 Å². The molecule has 0 unspecified atom stereocenters. The lowest BCUT2D eigenvalue weighted by Crippen LogP contribution is -2.27. The Morgan fingerprint density at radius 1 is 0.902 bits per heavy atom. The molecule has 0 radical (unpaired) electrons. The molecule has 5 nitrogen and oxygen atoms in total. The van der Waals surface area contributed by atoms with Gasteiger partial charge in [-0.3, -0.25) is 4.57 Å². The van der Waals surface area contributed by atoms with E-state index < -0.39 is 0 Å². The van der Waals surface area contributed by atoms with Gasteiger partial charge in [-0.05, 0) is 93.1 Å². The van der Waals surface area contributed by atoms with Crippen molar-refractivity contribution in [3.63, 3.8) is 0 Å². The van der Waals surface area contributed by atoms with Crippen LogP contribution in [0.5, 0.6) is 11.5 Å². The molecule has 0 amide bonds. The molecule has 0 spiro atoms. The van der Waals surface area contributed by atoms with Crippen molar-refractivity contribution >= 4 is 27.7 Å². The van der Waals surface area contributed by atoms with Gasteiger partial charge < -0.3 is 9.47 Å². The number of aromatic nitrogens is 2. The van der Waals surface area contributed by atoms with E-state index in [0.717, 1.165) is 58.3 Å². The molecule has 4 heterocycles. The minimum atomic E-state index is -0.146. The van der Waals surface area contributed by atoms with Gasteiger partial charge in [0.15, 0.2) is 0 Å². The van der Waals surface area contributed by atoms with Crippen molar-refractivity contribution in [2.24, 2.45) is 4.99 Å². The number of rotatable bonds is 3. The van der Waals surface area contributed by atoms with Gasteiger partial charge in [-0.2, -0.15) is 0 Å². The van der Waals surface area contributed by atoms with Gasteiger partial charge in [0, 0.05) is 39.6 Å². The molecule has 0 N–H and O–H groups in total. The molecule has 5 heteroatoms. The number of benzene rings is 3. The zero-order valence-electron chi connectivity index (χ0n) is 24.4. The maximum atomic E-state index is 6.67. The molecule has 8 rings (SSSR count). The first-order valence-corrected chi connectivity index (χ1v) is 14.9. The topological polar surface area (TPSA) is 48.6 Å². The number of pyridine rings is 1. The molecule has 5 aromatic rings. The summed E-state index contributed by atoms with van der Waals surface area (Å²) in [4.78, 5) is 9.87. The van der Waals surface area contributed by atoms with Crippen molar-refractivity contribution in [2.75, 3.05) is 0 Å². The predicted octanol–water partition coefficient (Wildman–Crippen LogP) is 8.62. The highest BCUT2D eigenvalue weighted by atomic mass is 16.5. The highest BCUT2D eigenvalue weighted by Gasteiger charge is 2.36. The molecule has 206 valence electrons. The summed E-state index contributed by atoms with van der Waals surface area (Å²) in [6.07, 6.45) is 6.80. The molecule has 2 atom stereocenters. The molecule has 2 aromatic heterocycles. The van der Waals surface area contributed by atoms with E-state index >= 15 is 0 Å². The molecular formula is C36H35N3O2. The number of nitrogens with zero attached hydrogens (tertiary/aromatic N) is 3. The molecule has 3 aromatic carbocycles. The maximum absolute atomic E-state index is 6.67. The Hall–Kier alpha value is -4.12. The lowest BCUT2D eigenvalue weighted by Gasteiger charge is -2.34. The second-order valence-electron chi connectivity index (χ2n) is 12.8. The van der Waals surface area contributed by atoms with Crippen LogP contribution in [0.3, 0.4) is 0 Å². The number of fused-ring (bicyclic) bond motifs is 6. The van der Waals surface area contributed by atoms with Gasteiger partial charge in [0.05, 0.1) is 17.1 Å². The highest BCUT2D eigenvalue weighted by Crippen LogP contribution is 2.48. The highest BCUT2D eigenvalue weighted by molar-refractivity contribution is 6.12. The number of aliphatic imine (C=N–C) groups is 1. The summed E-state index contributed by atoms with van der Waals surface area (Å²) in [5, 5.41) is 2.50. The summed E-state index contributed by atoms with van der Waals surface area (Å²) in [6.45, 7) is 11.1. The fraction of sp³-hybridized carbons (Fsp3) is 0.333. The van der Waals surface area contributed by atoms with Gasteiger partial charge in [-0.1, -0.05) is 38.0 Å². The van der Waals surface area contributed by atoms with Gasteiger partial charge in [-0.25, -0.2) is 9.98 Å². The van der Waals surface area contributed by atoms with Gasteiger partial charge in [0.25, 0.3) is 0 Å². The Kier molecular flexibility index (Phi) is 5.23.